The highest BCUT2D eigenvalue weighted by Gasteiger charge is 2.15. The van der Waals surface area contributed by atoms with Crippen LogP contribution in [0.2, 0.25) is 0 Å². The molecule has 78 valence electrons. The lowest BCUT2D eigenvalue weighted by atomic mass is 10.2. The Morgan fingerprint density at radius 2 is 1.92 bits per heavy atom. The number of carboxylic acid groups (broad SMARTS) is 1. The van der Waals surface area contributed by atoms with Gasteiger partial charge in [0.15, 0.2) is 0 Å². The molecule has 0 heterocycles. The third kappa shape index (κ3) is 4.12. The lowest BCUT2D eigenvalue weighted by molar-refractivity contribution is 0.134. The summed E-state index contributed by atoms with van der Waals surface area (Å²) in [4.78, 5) is 14.1. The molecule has 0 saturated carbocycles. The fourth-order valence-corrected chi connectivity index (χ4v) is 1.23. The predicted molar refractivity (Wildman–Crippen MR) is 53.0 cm³/mol. The molecule has 4 heteroatoms. The third-order valence-corrected chi connectivity index (χ3v) is 2.40. The molecule has 0 aliphatic heterocycles. The highest BCUT2D eigenvalue weighted by Crippen LogP contribution is 2.03. The number of amides is 1. The van der Waals surface area contributed by atoms with Gasteiger partial charge < -0.3 is 14.9 Å². The second-order valence-corrected chi connectivity index (χ2v) is 3.30. The van der Waals surface area contributed by atoms with E-state index in [9.17, 15) is 4.79 Å². The molecule has 0 bridgehead atoms. The molecule has 0 aromatic carbocycles. The topological polar surface area (TPSA) is 43.8 Å². The van der Waals surface area contributed by atoms with Gasteiger partial charge in [0.25, 0.3) is 0 Å². The van der Waals surface area contributed by atoms with Gasteiger partial charge in [-0.2, -0.15) is 0 Å². The van der Waals surface area contributed by atoms with Gasteiger partial charge in [0.2, 0.25) is 0 Å². The summed E-state index contributed by atoms with van der Waals surface area (Å²) in [5.41, 5.74) is 0. The van der Waals surface area contributed by atoms with E-state index in [0.717, 1.165) is 13.0 Å². The molecule has 0 aromatic rings. The maximum absolute atomic E-state index is 10.6. The van der Waals surface area contributed by atoms with Crippen molar-refractivity contribution in [2.75, 3.05) is 27.2 Å². The van der Waals surface area contributed by atoms with Crippen molar-refractivity contribution in [1.82, 2.24) is 9.80 Å². The first-order valence-corrected chi connectivity index (χ1v) is 4.67. The van der Waals surface area contributed by atoms with E-state index < -0.39 is 6.09 Å². The summed E-state index contributed by atoms with van der Waals surface area (Å²) in [5.74, 6) is 0. The SMILES string of the molecule is CCC(CN(C)C(=O)O)N(C)CC. The second-order valence-electron chi connectivity index (χ2n) is 3.30. The minimum absolute atomic E-state index is 0.325. The summed E-state index contributed by atoms with van der Waals surface area (Å²) in [6, 6.07) is 0.325. The number of rotatable bonds is 5. The van der Waals surface area contributed by atoms with E-state index in [1.54, 1.807) is 7.05 Å². The lowest BCUT2D eigenvalue weighted by Crippen LogP contribution is -2.42. The van der Waals surface area contributed by atoms with Crippen molar-refractivity contribution in [3.8, 4) is 0 Å². The monoisotopic (exact) mass is 188 g/mol. The lowest BCUT2D eigenvalue weighted by Gasteiger charge is -2.28. The van der Waals surface area contributed by atoms with E-state index in [4.69, 9.17) is 5.11 Å². The van der Waals surface area contributed by atoms with E-state index >= 15 is 0 Å². The Kier molecular flexibility index (Phi) is 5.46. The summed E-state index contributed by atoms with van der Waals surface area (Å²) in [6.45, 7) is 5.68. The molecule has 13 heavy (non-hydrogen) atoms. The Morgan fingerprint density at radius 1 is 1.38 bits per heavy atom. The standard InChI is InChI=1S/C9H20N2O2/c1-5-8(10(3)6-2)7-11(4)9(12)13/h8H,5-7H2,1-4H3,(H,12,13). The Labute approximate surface area is 80.1 Å². The molecule has 0 aromatic heterocycles. The van der Waals surface area contributed by atoms with Crippen LogP contribution in [0.15, 0.2) is 0 Å². The molecular weight excluding hydrogens is 168 g/mol. The summed E-state index contributed by atoms with van der Waals surface area (Å²) in [7, 11) is 3.62. The first-order chi connectivity index (χ1) is 6.02. The van der Waals surface area contributed by atoms with Crippen molar-refractivity contribution in [2.24, 2.45) is 0 Å². The molecule has 1 unspecified atom stereocenters. The molecule has 0 rings (SSSR count). The van der Waals surface area contributed by atoms with Crippen LogP contribution in [0.3, 0.4) is 0 Å². The molecule has 4 nitrogen and oxygen atoms in total. The molecular formula is C9H20N2O2. The average molecular weight is 188 g/mol. The summed E-state index contributed by atoms with van der Waals surface area (Å²) < 4.78 is 0. The Balaban J connectivity index is 4.04. The van der Waals surface area contributed by atoms with Crippen LogP contribution in [0.5, 0.6) is 0 Å². The summed E-state index contributed by atoms with van der Waals surface area (Å²) in [6.07, 6.45) is 0.116. The largest absolute Gasteiger partial charge is 0.465 e. The number of hydrogen-bond donors (Lipinski definition) is 1. The minimum Gasteiger partial charge on any atom is -0.465 e. The van der Waals surface area contributed by atoms with E-state index in [2.05, 4.69) is 18.7 Å². The van der Waals surface area contributed by atoms with Crippen LogP contribution in [0.1, 0.15) is 20.3 Å². The molecule has 1 N–H and O–H groups in total. The molecule has 0 spiro atoms. The van der Waals surface area contributed by atoms with E-state index in [0.29, 0.717) is 12.6 Å². The first kappa shape index (κ1) is 12.2. The zero-order chi connectivity index (χ0) is 10.4. The normalized spacial score (nSPS) is 13.0. The van der Waals surface area contributed by atoms with Crippen LogP contribution in [0.25, 0.3) is 0 Å². The van der Waals surface area contributed by atoms with Gasteiger partial charge in [-0.15, -0.1) is 0 Å². The Morgan fingerprint density at radius 3 is 2.23 bits per heavy atom. The number of carbonyl (C=O) groups is 1. The van der Waals surface area contributed by atoms with Gasteiger partial charge in [0.1, 0.15) is 0 Å². The molecule has 0 radical (unpaired) electrons. The molecule has 1 amide bonds. The van der Waals surface area contributed by atoms with Crippen molar-refractivity contribution >= 4 is 6.09 Å². The van der Waals surface area contributed by atoms with Crippen LogP contribution in [-0.4, -0.2) is 54.2 Å². The average Bonchev–Trinajstić information content (AvgIpc) is 2.12. The molecule has 0 aliphatic rings. The highest BCUT2D eigenvalue weighted by atomic mass is 16.4. The maximum Gasteiger partial charge on any atom is 0.407 e. The summed E-state index contributed by atoms with van der Waals surface area (Å²) >= 11 is 0. The Hall–Kier alpha value is -0.770. The quantitative estimate of drug-likeness (QED) is 0.707. The third-order valence-electron chi connectivity index (χ3n) is 2.40. The van der Waals surface area contributed by atoms with Gasteiger partial charge in [-0.05, 0) is 20.0 Å². The van der Waals surface area contributed by atoms with Crippen LogP contribution in [-0.2, 0) is 0 Å². The molecule has 0 aliphatic carbocycles. The van der Waals surface area contributed by atoms with Crippen molar-refractivity contribution < 1.29 is 9.90 Å². The summed E-state index contributed by atoms with van der Waals surface area (Å²) in [5, 5.41) is 8.69. The van der Waals surface area contributed by atoms with E-state index in [1.807, 2.05) is 7.05 Å². The number of hydrogen-bond acceptors (Lipinski definition) is 2. The smallest absolute Gasteiger partial charge is 0.407 e. The van der Waals surface area contributed by atoms with E-state index in [1.165, 1.54) is 4.90 Å². The van der Waals surface area contributed by atoms with Crippen LogP contribution in [0, 0.1) is 0 Å². The maximum atomic E-state index is 10.6. The first-order valence-electron chi connectivity index (χ1n) is 4.67. The number of likely N-dealkylation sites (N-methyl/N-ethyl adjacent to an activating group) is 2. The van der Waals surface area contributed by atoms with Crippen molar-refractivity contribution in [1.29, 1.82) is 0 Å². The van der Waals surface area contributed by atoms with E-state index in [-0.39, 0.29) is 0 Å². The van der Waals surface area contributed by atoms with Crippen LogP contribution >= 0.6 is 0 Å². The Bertz CT molecular complexity index is 162. The van der Waals surface area contributed by atoms with Gasteiger partial charge in [0, 0.05) is 19.6 Å². The minimum atomic E-state index is -0.858. The molecule has 0 fully saturated rings. The fourth-order valence-electron chi connectivity index (χ4n) is 1.23. The molecule has 1 atom stereocenters. The zero-order valence-electron chi connectivity index (χ0n) is 8.95. The fraction of sp³-hybridized carbons (Fsp3) is 0.889. The predicted octanol–water partition coefficient (Wildman–Crippen LogP) is 1.33. The van der Waals surface area contributed by atoms with Gasteiger partial charge in [-0.25, -0.2) is 4.79 Å². The second kappa shape index (κ2) is 5.80. The number of nitrogens with zero attached hydrogens (tertiary/aromatic N) is 2. The van der Waals surface area contributed by atoms with Crippen molar-refractivity contribution in [3.05, 3.63) is 0 Å². The van der Waals surface area contributed by atoms with Gasteiger partial charge in [0.05, 0.1) is 0 Å². The van der Waals surface area contributed by atoms with Crippen LogP contribution in [0.4, 0.5) is 4.79 Å². The van der Waals surface area contributed by atoms with Gasteiger partial charge in [-0.3, -0.25) is 0 Å². The van der Waals surface area contributed by atoms with Crippen LogP contribution < -0.4 is 0 Å². The highest BCUT2D eigenvalue weighted by molar-refractivity contribution is 5.64. The van der Waals surface area contributed by atoms with Gasteiger partial charge in [-0.1, -0.05) is 13.8 Å². The van der Waals surface area contributed by atoms with Crippen molar-refractivity contribution in [3.63, 3.8) is 0 Å². The van der Waals surface area contributed by atoms with Crippen molar-refractivity contribution in [2.45, 2.75) is 26.3 Å². The van der Waals surface area contributed by atoms with Gasteiger partial charge >= 0.3 is 6.09 Å². The molecule has 0 saturated heterocycles. The zero-order valence-corrected chi connectivity index (χ0v) is 8.95.